The summed E-state index contributed by atoms with van der Waals surface area (Å²) in [4.78, 5) is 16.0. The zero-order valence-corrected chi connectivity index (χ0v) is 11.7. The van der Waals surface area contributed by atoms with Crippen molar-refractivity contribution < 1.29 is 19.4 Å². The van der Waals surface area contributed by atoms with Crippen molar-refractivity contribution in [1.82, 2.24) is 4.98 Å². The Bertz CT molecular complexity index is 705. The number of carboxylic acids is 1. The fraction of sp³-hybridized carbons (Fsp3) is 0.143. The van der Waals surface area contributed by atoms with E-state index in [2.05, 4.69) is 4.98 Å². The molecule has 0 saturated heterocycles. The molecule has 6 nitrogen and oxygen atoms in total. The molecule has 1 aliphatic rings. The van der Waals surface area contributed by atoms with Gasteiger partial charge in [-0.15, -0.1) is 0 Å². The third kappa shape index (κ3) is 2.73. The minimum Gasteiger partial charge on any atom is -0.486 e. The van der Waals surface area contributed by atoms with Crippen molar-refractivity contribution in [3.63, 3.8) is 0 Å². The number of benzene rings is 1. The number of fused-ring (bicyclic) bond motifs is 1. The number of aromatic carboxylic acids is 1. The van der Waals surface area contributed by atoms with Gasteiger partial charge in [-0.25, -0.2) is 9.78 Å². The van der Waals surface area contributed by atoms with E-state index < -0.39 is 5.97 Å². The van der Waals surface area contributed by atoms with E-state index in [9.17, 15) is 4.79 Å². The number of hydrogen-bond acceptors (Lipinski definition) is 6. The maximum atomic E-state index is 11.1. The summed E-state index contributed by atoms with van der Waals surface area (Å²) in [5, 5.41) is 9.51. The van der Waals surface area contributed by atoms with Gasteiger partial charge in [0.1, 0.15) is 18.2 Å². The monoisotopic (exact) mass is 304 g/mol. The van der Waals surface area contributed by atoms with E-state index in [1.165, 1.54) is 24.0 Å². The minimum atomic E-state index is -1.07. The number of ether oxygens (including phenoxy) is 2. The topological polar surface area (TPSA) is 94.7 Å². The number of anilines is 1. The molecular formula is C14H12N2O4S. The first kappa shape index (κ1) is 13.6. The highest BCUT2D eigenvalue weighted by atomic mass is 32.2. The van der Waals surface area contributed by atoms with Gasteiger partial charge >= 0.3 is 5.97 Å². The van der Waals surface area contributed by atoms with E-state index in [0.717, 1.165) is 4.90 Å². The molecule has 7 heteroatoms. The number of rotatable bonds is 3. The molecule has 3 N–H and O–H groups in total. The van der Waals surface area contributed by atoms with Gasteiger partial charge in [0.15, 0.2) is 11.5 Å². The first-order valence-corrected chi connectivity index (χ1v) is 7.02. The number of pyridine rings is 1. The zero-order valence-electron chi connectivity index (χ0n) is 10.9. The van der Waals surface area contributed by atoms with Crippen molar-refractivity contribution in [2.45, 2.75) is 9.92 Å². The summed E-state index contributed by atoms with van der Waals surface area (Å²) in [7, 11) is 0. The minimum absolute atomic E-state index is 0.0463. The van der Waals surface area contributed by atoms with E-state index in [0.29, 0.717) is 29.7 Å². The number of hydrogen-bond donors (Lipinski definition) is 2. The molecule has 0 bridgehead atoms. The number of nitrogen functional groups attached to an aromatic ring is 1. The lowest BCUT2D eigenvalue weighted by atomic mass is 10.2. The molecule has 21 heavy (non-hydrogen) atoms. The maximum Gasteiger partial charge on any atom is 0.337 e. The quantitative estimate of drug-likeness (QED) is 0.898. The van der Waals surface area contributed by atoms with Crippen molar-refractivity contribution in [2.24, 2.45) is 0 Å². The molecule has 0 spiro atoms. The average molecular weight is 304 g/mol. The Hall–Kier alpha value is -2.41. The fourth-order valence-corrected chi connectivity index (χ4v) is 2.78. The number of nitrogens with two attached hydrogens (primary N) is 1. The lowest BCUT2D eigenvalue weighted by Crippen LogP contribution is -2.15. The van der Waals surface area contributed by atoms with Crippen molar-refractivity contribution in [1.29, 1.82) is 0 Å². The first-order chi connectivity index (χ1) is 10.1. The fourth-order valence-electron chi connectivity index (χ4n) is 1.92. The van der Waals surface area contributed by atoms with Crippen LogP contribution in [0.2, 0.25) is 0 Å². The van der Waals surface area contributed by atoms with Crippen LogP contribution < -0.4 is 15.2 Å². The second kappa shape index (κ2) is 5.53. The summed E-state index contributed by atoms with van der Waals surface area (Å²) in [5.74, 6) is 0.295. The second-order valence-corrected chi connectivity index (χ2v) is 5.35. The molecule has 2 aromatic rings. The standard InChI is InChI=1S/C14H12N2O4S/c15-12-9(14(17)18)3-4-16-13(12)21-8-1-2-10-11(7-8)20-6-5-19-10/h1-4,7H,5-6,15H2,(H,17,18). The summed E-state index contributed by atoms with van der Waals surface area (Å²) in [6.45, 7) is 1.05. The Labute approximate surface area is 124 Å². The van der Waals surface area contributed by atoms with Crippen molar-refractivity contribution in [2.75, 3.05) is 18.9 Å². The van der Waals surface area contributed by atoms with Crippen molar-refractivity contribution >= 4 is 23.4 Å². The molecule has 0 unspecified atom stereocenters. The summed E-state index contributed by atoms with van der Waals surface area (Å²) in [6.07, 6.45) is 1.43. The number of carboxylic acid groups (broad SMARTS) is 1. The first-order valence-electron chi connectivity index (χ1n) is 6.20. The molecule has 0 fully saturated rings. The van der Waals surface area contributed by atoms with E-state index in [-0.39, 0.29) is 11.3 Å². The van der Waals surface area contributed by atoms with Gasteiger partial charge in [0.05, 0.1) is 11.3 Å². The van der Waals surface area contributed by atoms with Crippen LogP contribution in [0.15, 0.2) is 40.4 Å². The number of aromatic nitrogens is 1. The van der Waals surface area contributed by atoms with Gasteiger partial charge in [-0.1, -0.05) is 11.8 Å². The van der Waals surface area contributed by atoms with Crippen LogP contribution in [0.3, 0.4) is 0 Å². The number of carbonyl (C=O) groups is 1. The molecule has 108 valence electrons. The molecular weight excluding hydrogens is 292 g/mol. The van der Waals surface area contributed by atoms with E-state index in [4.69, 9.17) is 20.3 Å². The Morgan fingerprint density at radius 3 is 2.76 bits per heavy atom. The SMILES string of the molecule is Nc1c(C(=O)O)ccnc1Sc1ccc2c(c1)OCCO2. The Balaban J connectivity index is 1.90. The summed E-state index contributed by atoms with van der Waals surface area (Å²) >= 11 is 1.28. The van der Waals surface area contributed by atoms with Crippen LogP contribution in [0.5, 0.6) is 11.5 Å². The van der Waals surface area contributed by atoms with E-state index >= 15 is 0 Å². The van der Waals surface area contributed by atoms with Crippen LogP contribution in [0.1, 0.15) is 10.4 Å². The summed E-state index contributed by atoms with van der Waals surface area (Å²) < 4.78 is 11.0. The molecule has 3 rings (SSSR count). The van der Waals surface area contributed by atoms with E-state index in [1.54, 1.807) is 0 Å². The zero-order chi connectivity index (χ0) is 14.8. The Kier molecular flexibility index (Phi) is 3.57. The van der Waals surface area contributed by atoms with Crippen LogP contribution in [0, 0.1) is 0 Å². The van der Waals surface area contributed by atoms with Gasteiger partial charge < -0.3 is 20.3 Å². The third-order valence-electron chi connectivity index (χ3n) is 2.91. The van der Waals surface area contributed by atoms with Crippen LogP contribution in [-0.2, 0) is 0 Å². The predicted octanol–water partition coefficient (Wildman–Crippen LogP) is 2.28. The van der Waals surface area contributed by atoms with Gasteiger partial charge in [-0.2, -0.15) is 0 Å². The smallest absolute Gasteiger partial charge is 0.337 e. The van der Waals surface area contributed by atoms with Gasteiger partial charge in [-0.05, 0) is 24.3 Å². The highest BCUT2D eigenvalue weighted by molar-refractivity contribution is 7.99. The third-order valence-corrected chi connectivity index (χ3v) is 3.92. The Morgan fingerprint density at radius 1 is 1.24 bits per heavy atom. The molecule has 1 aliphatic heterocycles. The van der Waals surface area contributed by atoms with Crippen LogP contribution in [0.25, 0.3) is 0 Å². The molecule has 0 saturated carbocycles. The number of nitrogens with zero attached hydrogens (tertiary/aromatic N) is 1. The van der Waals surface area contributed by atoms with Crippen molar-refractivity contribution in [3.05, 3.63) is 36.0 Å². The maximum absolute atomic E-state index is 11.1. The van der Waals surface area contributed by atoms with Gasteiger partial charge in [0, 0.05) is 11.1 Å². The highest BCUT2D eigenvalue weighted by Gasteiger charge is 2.16. The molecule has 2 heterocycles. The van der Waals surface area contributed by atoms with Crippen LogP contribution in [-0.4, -0.2) is 29.3 Å². The largest absolute Gasteiger partial charge is 0.486 e. The van der Waals surface area contributed by atoms with Crippen LogP contribution in [0.4, 0.5) is 5.69 Å². The van der Waals surface area contributed by atoms with Gasteiger partial charge in [-0.3, -0.25) is 0 Å². The normalized spacial score (nSPS) is 13.0. The van der Waals surface area contributed by atoms with Gasteiger partial charge in [0.2, 0.25) is 0 Å². The average Bonchev–Trinajstić information content (AvgIpc) is 2.49. The predicted molar refractivity (Wildman–Crippen MR) is 77.2 cm³/mol. The molecule has 0 aliphatic carbocycles. The van der Waals surface area contributed by atoms with Crippen LogP contribution >= 0.6 is 11.8 Å². The lowest BCUT2D eigenvalue weighted by molar-refractivity contribution is 0.0697. The summed E-state index contributed by atoms with van der Waals surface area (Å²) in [6, 6.07) is 6.88. The second-order valence-electron chi connectivity index (χ2n) is 4.29. The lowest BCUT2D eigenvalue weighted by Gasteiger charge is -2.18. The molecule has 1 aromatic heterocycles. The van der Waals surface area contributed by atoms with Gasteiger partial charge in [0.25, 0.3) is 0 Å². The highest BCUT2D eigenvalue weighted by Crippen LogP contribution is 2.38. The molecule has 0 amide bonds. The molecule has 0 radical (unpaired) electrons. The summed E-state index contributed by atoms with van der Waals surface area (Å²) in [5.41, 5.74) is 6.05. The van der Waals surface area contributed by atoms with Crippen molar-refractivity contribution in [3.8, 4) is 11.5 Å². The van der Waals surface area contributed by atoms with E-state index in [1.807, 2.05) is 18.2 Å². The molecule has 1 aromatic carbocycles. The Morgan fingerprint density at radius 2 is 2.00 bits per heavy atom. The molecule has 0 atom stereocenters.